The van der Waals surface area contributed by atoms with Crippen molar-refractivity contribution in [1.82, 2.24) is 0 Å². The van der Waals surface area contributed by atoms with Gasteiger partial charge in [0.15, 0.2) is 12.7 Å². The quantitative estimate of drug-likeness (QED) is 0.0672. The van der Waals surface area contributed by atoms with Gasteiger partial charge < -0.3 is 4.74 Å². The zero-order valence-electron chi connectivity index (χ0n) is 35.6. The smallest absolute Gasteiger partial charge is 0.416 e. The number of benzene rings is 5. The van der Waals surface area contributed by atoms with Crippen LogP contribution in [0.5, 0.6) is 5.75 Å². The van der Waals surface area contributed by atoms with E-state index in [1.807, 2.05) is 53.2 Å². The number of alkyl halides is 24. The lowest BCUT2D eigenvalue weighted by atomic mass is 9.12. The second-order valence-electron chi connectivity index (χ2n) is 15.7. The second-order valence-corrected chi connectivity index (χ2v) is 16.1. The van der Waals surface area contributed by atoms with Crippen molar-refractivity contribution < 1.29 is 115 Å². The largest absolute Gasteiger partial charge is 0.497 e. The highest BCUT2D eigenvalue weighted by molar-refractivity contribution is 7.20. The number of rotatable bonds is 7. The number of pyridine rings is 1. The van der Waals surface area contributed by atoms with E-state index < -0.39 is 195 Å². The lowest BCUT2D eigenvalue weighted by Crippen LogP contribution is -2.75. The third-order valence-electron chi connectivity index (χ3n) is 10.8. The van der Waals surface area contributed by atoms with Crippen molar-refractivity contribution in [2.75, 3.05) is 7.11 Å². The second kappa shape index (κ2) is 19.9. The Labute approximate surface area is 399 Å². The first kappa shape index (κ1) is 57.6. The van der Waals surface area contributed by atoms with E-state index in [-0.39, 0.29) is 0 Å². The van der Waals surface area contributed by atoms with Crippen LogP contribution in [0.15, 0.2) is 121 Å². The van der Waals surface area contributed by atoms with Gasteiger partial charge in [0.2, 0.25) is 0 Å². The van der Waals surface area contributed by atoms with E-state index in [0.29, 0.717) is 0 Å². The normalized spacial score (nSPS) is 13.4. The van der Waals surface area contributed by atoms with Gasteiger partial charge in [-0.1, -0.05) is 48.5 Å². The maximum absolute atomic E-state index is 14.2. The van der Waals surface area contributed by atoms with Gasteiger partial charge in [0.05, 0.1) is 51.6 Å². The van der Waals surface area contributed by atoms with Crippen molar-refractivity contribution in [3.63, 3.8) is 0 Å². The number of halogens is 25. The molecular formula is C45H25BClF24NO. The van der Waals surface area contributed by atoms with Gasteiger partial charge >= 0.3 is 49.4 Å². The standard InChI is InChI=1S/C32H12BF24.C13H13ClNO/c34-25(35,36)13-1-14(26(37,38)39)6-21(5-13)33(22-7-15(27(40,41)42)2-16(8-22)28(43,44)45,23-9-17(29(46,47)48)3-18(10-23)30(49,50)51)24-11-19(31(52,53)54)4-20(12-24)32(55,56)57;1-16-12-7-5-11(6-8-12)10-15-9-3-2-4-13(15)14/h1-12H;2-9H,10H2,1H3/q-1;+1. The fraction of sp³-hybridized carbons (Fsp3) is 0.222. The average molecular weight is 1100 g/mol. The number of methoxy groups -OCH3 is 1. The molecule has 1 aromatic heterocycles. The SMILES string of the molecule is COc1ccc(C[n+]2ccccc2Cl)cc1.FC(F)(F)c1cc([B-](c2cc(C(F)(F)F)cc(C(F)(F)F)c2)(c2cc(C(F)(F)F)cc(C(F)(F)F)c2)c2cc(C(F)(F)F)cc(C(F)(F)F)c2)cc(C(F)(F)F)c1. The molecule has 0 aliphatic rings. The minimum Gasteiger partial charge on any atom is -0.497 e. The maximum Gasteiger partial charge on any atom is 0.416 e. The van der Waals surface area contributed by atoms with Crippen LogP contribution in [0, 0.1) is 0 Å². The van der Waals surface area contributed by atoms with Crippen molar-refractivity contribution >= 4 is 39.6 Å². The fourth-order valence-electron chi connectivity index (χ4n) is 7.58. The molecule has 0 bridgehead atoms. The molecule has 0 aliphatic carbocycles. The fourth-order valence-corrected chi connectivity index (χ4v) is 7.77. The van der Waals surface area contributed by atoms with Crippen LogP contribution in [-0.4, -0.2) is 13.3 Å². The molecule has 0 saturated heterocycles. The van der Waals surface area contributed by atoms with Crippen LogP contribution < -0.4 is 31.2 Å². The Bertz CT molecular complexity index is 2490. The summed E-state index contributed by atoms with van der Waals surface area (Å²) in [6.45, 7) is 0.768. The first-order valence-electron chi connectivity index (χ1n) is 19.7. The van der Waals surface area contributed by atoms with Crippen LogP contribution in [0.3, 0.4) is 0 Å². The molecule has 394 valence electrons. The van der Waals surface area contributed by atoms with Gasteiger partial charge in [-0.2, -0.15) is 132 Å². The Balaban J connectivity index is 0.000000520. The Morgan fingerprint density at radius 2 is 0.616 bits per heavy atom. The van der Waals surface area contributed by atoms with E-state index in [4.69, 9.17) is 16.3 Å². The number of aromatic nitrogens is 1. The van der Waals surface area contributed by atoms with Crippen molar-refractivity contribution in [1.29, 1.82) is 0 Å². The lowest BCUT2D eigenvalue weighted by Gasteiger charge is -2.46. The van der Waals surface area contributed by atoms with Gasteiger partial charge in [-0.15, -0.1) is 0 Å². The van der Waals surface area contributed by atoms with Crippen molar-refractivity contribution in [3.8, 4) is 5.75 Å². The van der Waals surface area contributed by atoms with E-state index in [0.717, 1.165) is 17.4 Å². The molecule has 0 fully saturated rings. The van der Waals surface area contributed by atoms with Crippen molar-refractivity contribution in [2.24, 2.45) is 0 Å². The van der Waals surface area contributed by atoms with E-state index in [1.165, 1.54) is 5.56 Å². The lowest BCUT2D eigenvalue weighted by molar-refractivity contribution is -0.686. The topological polar surface area (TPSA) is 13.1 Å². The Hall–Kier alpha value is -6.28. The summed E-state index contributed by atoms with van der Waals surface area (Å²) in [7, 11) is 1.66. The number of nitrogens with zero attached hydrogens (tertiary/aromatic N) is 1. The summed E-state index contributed by atoms with van der Waals surface area (Å²) < 4.78 is 348. The van der Waals surface area contributed by atoms with Gasteiger partial charge in [-0.25, -0.2) is 0 Å². The van der Waals surface area contributed by atoms with Gasteiger partial charge in [0.1, 0.15) is 11.9 Å². The number of hydrogen-bond acceptors (Lipinski definition) is 1. The summed E-state index contributed by atoms with van der Waals surface area (Å²) in [5.41, 5.74) is -29.0. The van der Waals surface area contributed by atoms with Gasteiger partial charge in [-0.05, 0) is 66.2 Å². The van der Waals surface area contributed by atoms with E-state index in [1.54, 1.807) is 7.11 Å². The highest BCUT2D eigenvalue weighted by atomic mass is 35.5. The summed E-state index contributed by atoms with van der Waals surface area (Å²) in [5.74, 6) is 0.868. The molecule has 0 atom stereocenters. The molecule has 2 nitrogen and oxygen atoms in total. The van der Waals surface area contributed by atoms with Crippen LogP contribution in [0.4, 0.5) is 105 Å². The van der Waals surface area contributed by atoms with Crippen LogP contribution in [0.1, 0.15) is 50.1 Å². The first-order valence-corrected chi connectivity index (χ1v) is 20.1. The maximum atomic E-state index is 14.2. The summed E-state index contributed by atoms with van der Waals surface area (Å²) in [5, 5.41) is 0.735. The van der Waals surface area contributed by atoms with Gasteiger partial charge in [-0.3, -0.25) is 0 Å². The molecule has 1 heterocycles. The van der Waals surface area contributed by atoms with Gasteiger partial charge in [0.25, 0.3) is 5.15 Å². The minimum atomic E-state index is -6.13. The number of ether oxygens (including phenoxy) is 1. The molecule has 0 amide bonds. The highest BCUT2D eigenvalue weighted by Crippen LogP contribution is 2.41. The molecule has 28 heteroatoms. The van der Waals surface area contributed by atoms with E-state index in [9.17, 15) is 105 Å². The molecule has 5 aromatic carbocycles. The third-order valence-corrected chi connectivity index (χ3v) is 11.2. The molecule has 0 aliphatic heterocycles. The minimum absolute atomic E-state index is 0.691. The average Bonchev–Trinajstić information content (AvgIpc) is 3.25. The Kier molecular flexibility index (Phi) is 15.7. The molecule has 0 radical (unpaired) electrons. The zero-order chi connectivity index (χ0) is 55.3. The van der Waals surface area contributed by atoms with Crippen LogP contribution in [0.25, 0.3) is 0 Å². The summed E-state index contributed by atoms with van der Waals surface area (Å²) in [6.07, 6.45) is -52.8. The van der Waals surface area contributed by atoms with Crippen LogP contribution in [-0.2, 0) is 56.0 Å². The molecule has 0 spiro atoms. The van der Waals surface area contributed by atoms with Crippen molar-refractivity contribution in [2.45, 2.75) is 56.0 Å². The monoisotopic (exact) mass is 1100 g/mol. The molecular weight excluding hydrogens is 1070 g/mol. The molecule has 6 aromatic rings. The number of hydrogen-bond donors (Lipinski definition) is 0. The molecule has 0 saturated carbocycles. The molecule has 73 heavy (non-hydrogen) atoms. The Morgan fingerprint density at radius 3 is 0.822 bits per heavy atom. The first-order chi connectivity index (χ1) is 33.1. The van der Waals surface area contributed by atoms with E-state index >= 15 is 0 Å². The zero-order valence-corrected chi connectivity index (χ0v) is 36.4. The molecule has 6 rings (SSSR count). The third kappa shape index (κ3) is 13.5. The van der Waals surface area contributed by atoms with Gasteiger partial charge in [0, 0.05) is 17.7 Å². The predicted octanol–water partition coefficient (Wildman–Crippen LogP) is 13.9. The van der Waals surface area contributed by atoms with Crippen LogP contribution >= 0.6 is 11.6 Å². The predicted molar refractivity (Wildman–Crippen MR) is 214 cm³/mol. The summed E-state index contributed by atoms with van der Waals surface area (Å²) in [6, 6.07) is 4.94. The summed E-state index contributed by atoms with van der Waals surface area (Å²) >= 11 is 6.07. The van der Waals surface area contributed by atoms with Crippen LogP contribution in [0.2, 0.25) is 5.15 Å². The molecule has 0 unspecified atom stereocenters. The van der Waals surface area contributed by atoms with E-state index in [2.05, 4.69) is 0 Å². The molecule has 0 N–H and O–H groups in total. The summed E-state index contributed by atoms with van der Waals surface area (Å²) in [4.78, 5) is 0. The Morgan fingerprint density at radius 1 is 0.370 bits per heavy atom. The highest BCUT2D eigenvalue weighted by Gasteiger charge is 2.47. The van der Waals surface area contributed by atoms with Crippen molar-refractivity contribution in [3.05, 3.63) is 177 Å².